The predicted octanol–water partition coefficient (Wildman–Crippen LogP) is 1.31. The van der Waals surface area contributed by atoms with Gasteiger partial charge < -0.3 is 0 Å². The second kappa shape index (κ2) is 6.06. The van der Waals surface area contributed by atoms with Crippen molar-refractivity contribution in [2.75, 3.05) is 13.1 Å². The van der Waals surface area contributed by atoms with Crippen LogP contribution in [0.2, 0.25) is 0 Å². The van der Waals surface area contributed by atoms with Crippen LogP contribution >= 0.6 is 0 Å². The highest BCUT2D eigenvalue weighted by molar-refractivity contribution is 7.89. The van der Waals surface area contributed by atoms with Gasteiger partial charge in [0.1, 0.15) is 24.5 Å². The highest BCUT2D eigenvalue weighted by Gasteiger charge is 2.30. The summed E-state index contributed by atoms with van der Waals surface area (Å²) in [6.07, 6.45) is 4.31. The van der Waals surface area contributed by atoms with Crippen LogP contribution in [0.3, 0.4) is 0 Å². The van der Waals surface area contributed by atoms with Gasteiger partial charge in [-0.15, -0.1) is 0 Å². The topological polar surface area (TPSA) is 91.9 Å². The fourth-order valence-corrected chi connectivity index (χ4v) is 4.15. The molecule has 3 rings (SSSR count). The molecule has 23 heavy (non-hydrogen) atoms. The zero-order valence-electron chi connectivity index (χ0n) is 12.1. The summed E-state index contributed by atoms with van der Waals surface area (Å²) in [5, 5.41) is 12.9. The summed E-state index contributed by atoms with van der Waals surface area (Å²) in [7, 11) is -3.73. The number of halogens is 1. The number of nitriles is 1. The van der Waals surface area contributed by atoms with Gasteiger partial charge in [0.15, 0.2) is 0 Å². The number of benzene rings is 1. The highest BCUT2D eigenvalue weighted by atomic mass is 32.2. The number of nitrogens with zero attached hydrogens (tertiary/aromatic N) is 5. The average molecular weight is 335 g/mol. The molecule has 1 saturated heterocycles. The Morgan fingerprint density at radius 2 is 2.04 bits per heavy atom. The lowest BCUT2D eigenvalue weighted by Crippen LogP contribution is -2.39. The first-order valence-corrected chi connectivity index (χ1v) is 8.50. The van der Waals surface area contributed by atoms with Crippen molar-refractivity contribution < 1.29 is 12.8 Å². The predicted molar refractivity (Wildman–Crippen MR) is 78.2 cm³/mol. The molecule has 120 valence electrons. The monoisotopic (exact) mass is 335 g/mol. The van der Waals surface area contributed by atoms with Gasteiger partial charge in [-0.25, -0.2) is 22.5 Å². The van der Waals surface area contributed by atoms with Crippen LogP contribution in [-0.4, -0.2) is 40.6 Å². The normalized spacial score (nSPS) is 17.0. The van der Waals surface area contributed by atoms with Crippen LogP contribution in [-0.2, 0) is 10.0 Å². The number of hydrogen-bond donors (Lipinski definition) is 0. The van der Waals surface area contributed by atoms with Gasteiger partial charge in [0.25, 0.3) is 0 Å². The minimum Gasteiger partial charge on any atom is -0.250 e. The first-order chi connectivity index (χ1) is 11.0. The quantitative estimate of drug-likeness (QED) is 0.843. The fourth-order valence-electron chi connectivity index (χ4n) is 2.65. The maximum Gasteiger partial charge on any atom is 0.243 e. The van der Waals surface area contributed by atoms with E-state index in [0.717, 1.165) is 12.1 Å². The summed E-state index contributed by atoms with van der Waals surface area (Å²) in [4.78, 5) is 3.83. The zero-order valence-corrected chi connectivity index (χ0v) is 12.9. The Kier molecular flexibility index (Phi) is 4.11. The zero-order chi connectivity index (χ0) is 16.4. The Hall–Kier alpha value is -2.31. The van der Waals surface area contributed by atoms with Crippen molar-refractivity contribution in [3.05, 3.63) is 42.2 Å². The first-order valence-electron chi connectivity index (χ1n) is 7.06. The van der Waals surface area contributed by atoms with Gasteiger partial charge in [0.05, 0.1) is 16.5 Å². The van der Waals surface area contributed by atoms with Gasteiger partial charge in [0, 0.05) is 13.1 Å². The number of hydrogen-bond acceptors (Lipinski definition) is 5. The third-order valence-electron chi connectivity index (χ3n) is 3.93. The summed E-state index contributed by atoms with van der Waals surface area (Å²) >= 11 is 0. The van der Waals surface area contributed by atoms with Crippen molar-refractivity contribution in [3.8, 4) is 6.07 Å². The lowest BCUT2D eigenvalue weighted by molar-refractivity contribution is 0.260. The van der Waals surface area contributed by atoms with Crippen LogP contribution in [0.25, 0.3) is 0 Å². The summed E-state index contributed by atoms with van der Waals surface area (Å²) in [6, 6.07) is 5.05. The molecule has 1 aromatic carbocycles. The van der Waals surface area contributed by atoms with Crippen molar-refractivity contribution in [1.82, 2.24) is 19.1 Å². The summed E-state index contributed by atoms with van der Waals surface area (Å²) in [6.45, 7) is 0.679. The van der Waals surface area contributed by atoms with Gasteiger partial charge in [-0.1, -0.05) is 0 Å². The summed E-state index contributed by atoms with van der Waals surface area (Å²) in [5.41, 5.74) is -0.274. The average Bonchev–Trinajstić information content (AvgIpc) is 3.09. The molecule has 0 N–H and O–H groups in total. The second-order valence-electron chi connectivity index (χ2n) is 5.26. The first kappa shape index (κ1) is 15.6. The molecular weight excluding hydrogens is 321 g/mol. The third kappa shape index (κ3) is 2.95. The Bertz CT molecular complexity index is 837. The maximum atomic E-state index is 13.4. The van der Waals surface area contributed by atoms with E-state index in [2.05, 4.69) is 10.1 Å². The van der Waals surface area contributed by atoms with Crippen LogP contribution in [0, 0.1) is 17.1 Å². The molecule has 0 saturated carbocycles. The minimum atomic E-state index is -3.73. The van der Waals surface area contributed by atoms with Gasteiger partial charge in [-0.05, 0) is 31.0 Å². The molecule has 0 unspecified atom stereocenters. The van der Waals surface area contributed by atoms with E-state index < -0.39 is 15.8 Å². The van der Waals surface area contributed by atoms with Crippen molar-refractivity contribution in [3.63, 3.8) is 0 Å². The number of piperidine rings is 1. The number of rotatable bonds is 3. The van der Waals surface area contributed by atoms with Crippen molar-refractivity contribution in [2.45, 2.75) is 23.8 Å². The molecule has 0 atom stereocenters. The van der Waals surface area contributed by atoms with Crippen molar-refractivity contribution in [2.24, 2.45) is 0 Å². The van der Waals surface area contributed by atoms with E-state index in [1.807, 2.05) is 0 Å². The second-order valence-corrected chi connectivity index (χ2v) is 7.20. The molecule has 0 spiro atoms. The lowest BCUT2D eigenvalue weighted by Gasteiger charge is -2.31. The number of sulfonamides is 1. The fraction of sp³-hybridized carbons (Fsp3) is 0.357. The van der Waals surface area contributed by atoms with Crippen LogP contribution in [0.1, 0.15) is 24.4 Å². The van der Waals surface area contributed by atoms with E-state index in [4.69, 9.17) is 5.26 Å². The molecule has 7 nitrogen and oxygen atoms in total. The van der Waals surface area contributed by atoms with E-state index in [1.54, 1.807) is 17.1 Å². The van der Waals surface area contributed by atoms with Crippen LogP contribution in [0.15, 0.2) is 35.7 Å². The third-order valence-corrected chi connectivity index (χ3v) is 5.82. The molecular formula is C14H14FN5O2S. The highest BCUT2D eigenvalue weighted by Crippen LogP contribution is 2.26. The van der Waals surface area contributed by atoms with Gasteiger partial charge >= 0.3 is 0 Å². The van der Waals surface area contributed by atoms with Gasteiger partial charge in [-0.3, -0.25) is 0 Å². The van der Waals surface area contributed by atoms with Crippen molar-refractivity contribution >= 4 is 10.0 Å². The van der Waals surface area contributed by atoms with Crippen molar-refractivity contribution in [1.29, 1.82) is 5.26 Å². The molecule has 1 aliphatic heterocycles. The largest absolute Gasteiger partial charge is 0.250 e. The Labute approximate surface area is 133 Å². The standard InChI is InChI=1S/C14H14FN5O2S/c15-14-2-1-13(7-11(14)8-16)23(21,22)19-5-3-12(4-6-19)20-10-17-9-18-20/h1-2,7,9-10,12H,3-6H2. The molecule has 9 heteroatoms. The molecule has 1 aliphatic rings. The number of aromatic nitrogens is 3. The van der Waals surface area contributed by atoms with Crippen LogP contribution < -0.4 is 0 Å². The van der Waals surface area contributed by atoms with E-state index in [0.29, 0.717) is 25.9 Å². The lowest BCUT2D eigenvalue weighted by atomic mass is 10.1. The SMILES string of the molecule is N#Cc1cc(S(=O)(=O)N2CCC(n3cncn3)CC2)ccc1F. The Balaban J connectivity index is 1.78. The minimum absolute atomic E-state index is 0.0605. The Morgan fingerprint density at radius 3 is 2.65 bits per heavy atom. The molecule has 0 radical (unpaired) electrons. The molecule has 2 heterocycles. The maximum absolute atomic E-state index is 13.4. The van der Waals surface area contributed by atoms with Gasteiger partial charge in [-0.2, -0.15) is 14.7 Å². The van der Waals surface area contributed by atoms with E-state index in [9.17, 15) is 12.8 Å². The van der Waals surface area contributed by atoms with Gasteiger partial charge in [0.2, 0.25) is 10.0 Å². The molecule has 1 fully saturated rings. The Morgan fingerprint density at radius 1 is 1.30 bits per heavy atom. The summed E-state index contributed by atoms with van der Waals surface area (Å²) in [5.74, 6) is -0.726. The van der Waals surface area contributed by atoms with Crippen LogP contribution in [0.5, 0.6) is 0 Å². The molecule has 1 aromatic heterocycles. The van der Waals surface area contributed by atoms with E-state index >= 15 is 0 Å². The van der Waals surface area contributed by atoms with Crippen LogP contribution in [0.4, 0.5) is 4.39 Å². The molecule has 0 aliphatic carbocycles. The van der Waals surface area contributed by atoms with E-state index in [-0.39, 0.29) is 16.5 Å². The molecule has 0 bridgehead atoms. The van der Waals surface area contributed by atoms with E-state index in [1.165, 1.54) is 16.7 Å². The molecule has 0 amide bonds. The smallest absolute Gasteiger partial charge is 0.243 e. The molecule has 2 aromatic rings. The summed E-state index contributed by atoms with van der Waals surface area (Å²) < 4.78 is 41.7.